The number of esters is 1. The van der Waals surface area contributed by atoms with Gasteiger partial charge in [-0.2, -0.15) is 4.98 Å². The quantitative estimate of drug-likeness (QED) is 0.0691. The lowest BCUT2D eigenvalue weighted by atomic mass is 9.80. The maximum Gasteiger partial charge on any atom is 0.351 e. The number of nitrogens with zero attached hydrogens (tertiary/aromatic N) is 3. The molecule has 4 aromatic carbocycles. The van der Waals surface area contributed by atoms with Crippen LogP contribution < -0.4 is 20.5 Å². The molecule has 61 heavy (non-hydrogen) atoms. The molecule has 5 aromatic rings. The summed E-state index contributed by atoms with van der Waals surface area (Å²) in [5, 5.41) is 11.8. The number of aliphatic carboxylic acids is 1. The fraction of sp³-hybridized carbons (Fsp3) is 0.340. The van der Waals surface area contributed by atoms with Crippen LogP contribution in [0, 0.1) is 0 Å². The molecule has 0 radical (unpaired) electrons. The maximum atomic E-state index is 13.3. The van der Waals surface area contributed by atoms with Crippen LogP contribution in [0.25, 0.3) is 0 Å². The molecular formula is C47H54N4O10. The summed E-state index contributed by atoms with van der Waals surface area (Å²) in [5.74, 6) is -0.965. The van der Waals surface area contributed by atoms with Crippen LogP contribution in [-0.2, 0) is 29.4 Å². The summed E-state index contributed by atoms with van der Waals surface area (Å²) in [5.41, 5.74) is 0.775. The lowest BCUT2D eigenvalue weighted by Crippen LogP contribution is -2.39. The summed E-state index contributed by atoms with van der Waals surface area (Å²) in [6.07, 6.45) is -2.07. The highest BCUT2D eigenvalue weighted by molar-refractivity contribution is 6.03. The predicted octanol–water partition coefficient (Wildman–Crippen LogP) is 6.93. The maximum absolute atomic E-state index is 13.3. The van der Waals surface area contributed by atoms with Crippen LogP contribution in [0.15, 0.2) is 126 Å². The van der Waals surface area contributed by atoms with Crippen LogP contribution >= 0.6 is 0 Å². The van der Waals surface area contributed by atoms with Crippen molar-refractivity contribution in [1.29, 1.82) is 0 Å². The highest BCUT2D eigenvalue weighted by Crippen LogP contribution is 2.43. The van der Waals surface area contributed by atoms with Gasteiger partial charge in [0.2, 0.25) is 0 Å². The second kappa shape index (κ2) is 22.3. The second-order valence-electron chi connectivity index (χ2n) is 14.0. The molecule has 0 bridgehead atoms. The van der Waals surface area contributed by atoms with Crippen LogP contribution in [0.1, 0.15) is 73.3 Å². The summed E-state index contributed by atoms with van der Waals surface area (Å²) in [4.78, 5) is 56.5. The molecule has 1 saturated heterocycles. The van der Waals surface area contributed by atoms with Crippen molar-refractivity contribution in [1.82, 2.24) is 14.5 Å². The number of methoxy groups -OCH3 is 2. The van der Waals surface area contributed by atoms with Crippen molar-refractivity contribution < 1.29 is 43.2 Å². The lowest BCUT2D eigenvalue weighted by Gasteiger charge is -2.37. The van der Waals surface area contributed by atoms with Crippen molar-refractivity contribution in [2.24, 2.45) is 0 Å². The third kappa shape index (κ3) is 11.9. The summed E-state index contributed by atoms with van der Waals surface area (Å²) in [6, 6.07) is 34.5. The van der Waals surface area contributed by atoms with Gasteiger partial charge in [-0.1, -0.05) is 93.6 Å². The van der Waals surface area contributed by atoms with Gasteiger partial charge in [-0.05, 0) is 78.8 Å². The van der Waals surface area contributed by atoms with Gasteiger partial charge < -0.3 is 39.0 Å². The Morgan fingerprint density at radius 3 is 1.82 bits per heavy atom. The number of carboxylic acids is 1. The van der Waals surface area contributed by atoms with Gasteiger partial charge in [0.15, 0.2) is 0 Å². The lowest BCUT2D eigenvalue weighted by molar-refractivity contribution is -0.157. The summed E-state index contributed by atoms with van der Waals surface area (Å²) < 4.78 is 31.3. The highest BCUT2D eigenvalue weighted by Gasteiger charge is 2.44. The molecule has 6 rings (SSSR count). The minimum atomic E-state index is -1.23. The van der Waals surface area contributed by atoms with Crippen LogP contribution in [0.4, 0.5) is 5.82 Å². The van der Waals surface area contributed by atoms with Gasteiger partial charge in [-0.25, -0.2) is 4.79 Å². The molecule has 0 unspecified atom stereocenters. The molecule has 14 nitrogen and oxygen atoms in total. The Bertz CT molecular complexity index is 2160. The minimum Gasteiger partial charge on any atom is -0.497 e. The zero-order valence-corrected chi connectivity index (χ0v) is 35.2. The first-order valence-corrected chi connectivity index (χ1v) is 20.3. The molecule has 2 heterocycles. The first-order chi connectivity index (χ1) is 29.5. The van der Waals surface area contributed by atoms with Gasteiger partial charge in [-0.15, -0.1) is 0 Å². The van der Waals surface area contributed by atoms with E-state index in [2.05, 4.69) is 36.0 Å². The van der Waals surface area contributed by atoms with E-state index in [1.807, 2.05) is 78.9 Å². The Labute approximate surface area is 356 Å². The number of carbonyl (C=O) groups excluding carboxylic acids is 2. The number of benzene rings is 4. The molecule has 1 amide bonds. The van der Waals surface area contributed by atoms with E-state index in [1.165, 1.54) is 36.5 Å². The van der Waals surface area contributed by atoms with E-state index in [1.54, 1.807) is 44.6 Å². The van der Waals surface area contributed by atoms with Crippen LogP contribution in [0.3, 0.4) is 0 Å². The predicted molar refractivity (Wildman–Crippen MR) is 230 cm³/mol. The molecule has 14 heteroatoms. The van der Waals surface area contributed by atoms with Gasteiger partial charge in [0.25, 0.3) is 5.91 Å². The Kier molecular flexibility index (Phi) is 16.7. The molecular weight excluding hydrogens is 781 g/mol. The van der Waals surface area contributed by atoms with E-state index in [0.29, 0.717) is 17.1 Å². The fourth-order valence-corrected chi connectivity index (χ4v) is 7.01. The SMILES string of the molecule is CCN(CC)CC.COc1ccc(C(OC[C@H]2O[C@@H](n3ccc(NC(=O)c4ccccc4)nc3=O)C[C@@H]2OC(=O)CCC(=O)O)(c2ccccc2)c2ccc(OC)cc2)cc1. The number of carbonyl (C=O) groups is 3. The first kappa shape index (κ1) is 45.7. The molecule has 3 atom stereocenters. The fourth-order valence-electron chi connectivity index (χ4n) is 7.01. The topological polar surface area (TPSA) is 168 Å². The van der Waals surface area contributed by atoms with Gasteiger partial charge in [0, 0.05) is 18.2 Å². The Hall–Kier alpha value is -6.35. The van der Waals surface area contributed by atoms with Gasteiger partial charge >= 0.3 is 17.6 Å². The molecule has 1 aliphatic heterocycles. The van der Waals surface area contributed by atoms with Crippen molar-refractivity contribution in [3.63, 3.8) is 0 Å². The number of ether oxygens (including phenoxy) is 5. The number of aromatic nitrogens is 2. The largest absolute Gasteiger partial charge is 0.497 e. The molecule has 0 saturated carbocycles. The number of hydrogen-bond acceptors (Lipinski definition) is 11. The summed E-state index contributed by atoms with van der Waals surface area (Å²) in [7, 11) is 3.17. The number of anilines is 1. The number of nitrogens with one attached hydrogen (secondary N) is 1. The molecule has 1 fully saturated rings. The molecule has 1 aromatic heterocycles. The van der Waals surface area contributed by atoms with Crippen molar-refractivity contribution in [3.05, 3.63) is 154 Å². The van der Waals surface area contributed by atoms with Crippen molar-refractivity contribution in [2.45, 2.75) is 64.1 Å². The van der Waals surface area contributed by atoms with Crippen LogP contribution in [-0.4, -0.2) is 90.1 Å². The number of amides is 1. The smallest absolute Gasteiger partial charge is 0.351 e. The van der Waals surface area contributed by atoms with E-state index in [9.17, 15) is 19.2 Å². The molecule has 0 aliphatic carbocycles. The number of carboxylic acid groups (broad SMARTS) is 1. The van der Waals surface area contributed by atoms with Crippen LogP contribution in [0.5, 0.6) is 11.5 Å². The van der Waals surface area contributed by atoms with Gasteiger partial charge in [0.05, 0.1) is 33.7 Å². The Morgan fingerprint density at radius 2 is 1.33 bits per heavy atom. The van der Waals surface area contributed by atoms with E-state index < -0.39 is 54.0 Å². The average molecular weight is 835 g/mol. The van der Waals surface area contributed by atoms with E-state index in [-0.39, 0.29) is 25.3 Å². The Morgan fingerprint density at radius 1 is 0.787 bits per heavy atom. The summed E-state index contributed by atoms with van der Waals surface area (Å²) >= 11 is 0. The van der Waals surface area contributed by atoms with E-state index in [4.69, 9.17) is 28.8 Å². The van der Waals surface area contributed by atoms with Crippen molar-refractivity contribution in [3.8, 4) is 11.5 Å². The summed E-state index contributed by atoms with van der Waals surface area (Å²) in [6.45, 7) is 9.99. The third-order valence-corrected chi connectivity index (χ3v) is 10.4. The first-order valence-electron chi connectivity index (χ1n) is 20.3. The third-order valence-electron chi connectivity index (χ3n) is 10.4. The second-order valence-corrected chi connectivity index (χ2v) is 14.0. The number of hydrogen-bond donors (Lipinski definition) is 2. The average Bonchev–Trinajstić information content (AvgIpc) is 3.69. The standard InChI is InChI=1S/C41H39N3O10.C6H15N/c1-50-31-17-13-29(14-18-31)41(28-11-7-4-8-12-28,30-15-19-32(51-2)20-16-30)52-26-34-33(54-38(47)22-21-37(45)46)25-36(53-34)44-24-23-35(43-40(44)49)42-39(48)27-9-5-3-6-10-27;1-4-7(5-2)6-3/h3-20,23-24,33-34,36H,21-22,25-26H2,1-2H3,(H,45,46)(H,42,43,48,49);4-6H2,1-3H3/t33-,34+,36+;/m0./s1. The van der Waals surface area contributed by atoms with Crippen LogP contribution in [0.2, 0.25) is 0 Å². The monoisotopic (exact) mass is 834 g/mol. The van der Waals surface area contributed by atoms with Crippen molar-refractivity contribution >= 4 is 23.7 Å². The Balaban J connectivity index is 0.000000925. The molecule has 322 valence electrons. The highest BCUT2D eigenvalue weighted by atomic mass is 16.6. The molecule has 0 spiro atoms. The van der Waals surface area contributed by atoms with E-state index in [0.717, 1.165) is 16.7 Å². The minimum absolute atomic E-state index is 0.0353. The van der Waals surface area contributed by atoms with Gasteiger partial charge in [-0.3, -0.25) is 19.0 Å². The molecule has 2 N–H and O–H groups in total. The van der Waals surface area contributed by atoms with Gasteiger partial charge in [0.1, 0.15) is 41.4 Å². The zero-order valence-electron chi connectivity index (χ0n) is 35.2. The van der Waals surface area contributed by atoms with Crippen molar-refractivity contribution in [2.75, 3.05) is 45.8 Å². The number of rotatable bonds is 18. The normalized spacial score (nSPS) is 15.9. The van der Waals surface area contributed by atoms with E-state index >= 15 is 0 Å². The zero-order chi connectivity index (χ0) is 43.8. The molecule has 1 aliphatic rings.